The Morgan fingerprint density at radius 3 is 2.43 bits per heavy atom. The lowest BCUT2D eigenvalue weighted by molar-refractivity contribution is -0.122. The summed E-state index contributed by atoms with van der Waals surface area (Å²) in [6, 6.07) is 13.8. The Morgan fingerprint density at radius 2 is 1.73 bits per heavy atom. The normalized spacial score (nSPS) is 16.5. The largest absolute Gasteiger partial charge is 0.490 e. The van der Waals surface area contributed by atoms with Crippen LogP contribution in [0.5, 0.6) is 11.5 Å². The Bertz CT molecular complexity index is 969. The minimum absolute atomic E-state index is 0.0259. The van der Waals surface area contributed by atoms with Crippen molar-refractivity contribution in [1.82, 2.24) is 4.90 Å². The number of hydrogen-bond acceptors (Lipinski definition) is 5. The molecule has 3 rings (SSSR count). The molecule has 0 spiro atoms. The van der Waals surface area contributed by atoms with Crippen LogP contribution in [0.2, 0.25) is 0 Å². The maximum atomic E-state index is 13.0. The molecule has 6 heteroatoms. The van der Waals surface area contributed by atoms with Crippen molar-refractivity contribution in [1.29, 1.82) is 0 Å². The van der Waals surface area contributed by atoms with Crippen LogP contribution in [-0.4, -0.2) is 35.7 Å². The highest BCUT2D eigenvalue weighted by molar-refractivity contribution is 8.18. The number of thioether (sulfide) groups is 1. The number of amides is 1. The smallest absolute Gasteiger partial charge is 0.266 e. The number of likely N-dealkylation sites (N-methyl/N-ethyl adjacent to an activating group) is 1. The molecule has 1 heterocycles. The minimum atomic E-state index is -0.0259. The third-order valence-electron chi connectivity index (χ3n) is 4.66. The second kappa shape index (κ2) is 10.3. The Hall–Kier alpha value is -2.73. The van der Waals surface area contributed by atoms with E-state index in [1.54, 1.807) is 4.90 Å². The molecule has 1 aliphatic heterocycles. The predicted molar refractivity (Wildman–Crippen MR) is 125 cm³/mol. The van der Waals surface area contributed by atoms with E-state index in [4.69, 9.17) is 14.5 Å². The molecule has 5 nitrogen and oxygen atoms in total. The first-order valence-electron chi connectivity index (χ1n) is 10.4. The van der Waals surface area contributed by atoms with Crippen LogP contribution in [-0.2, 0) is 11.2 Å². The first kappa shape index (κ1) is 22.0. The van der Waals surface area contributed by atoms with Gasteiger partial charge in [0.25, 0.3) is 5.91 Å². The lowest BCUT2D eigenvalue weighted by Gasteiger charge is -2.13. The van der Waals surface area contributed by atoms with Gasteiger partial charge in [-0.1, -0.05) is 31.2 Å². The molecular weight excluding hydrogens is 396 g/mol. The van der Waals surface area contributed by atoms with Crippen molar-refractivity contribution in [2.24, 2.45) is 4.99 Å². The van der Waals surface area contributed by atoms with Crippen molar-refractivity contribution in [3.8, 4) is 11.5 Å². The molecule has 30 heavy (non-hydrogen) atoms. The van der Waals surface area contributed by atoms with Gasteiger partial charge in [-0.2, -0.15) is 0 Å². The fraction of sp³-hybridized carbons (Fsp3) is 0.333. The monoisotopic (exact) mass is 424 g/mol. The second-order valence-electron chi connectivity index (χ2n) is 6.61. The van der Waals surface area contributed by atoms with Crippen molar-refractivity contribution in [2.75, 3.05) is 19.8 Å². The maximum absolute atomic E-state index is 13.0. The molecule has 0 N–H and O–H groups in total. The Kier molecular flexibility index (Phi) is 7.57. The lowest BCUT2D eigenvalue weighted by Crippen LogP contribution is -2.28. The summed E-state index contributed by atoms with van der Waals surface area (Å²) in [7, 11) is 0. The molecule has 1 fully saturated rings. The van der Waals surface area contributed by atoms with E-state index in [0.717, 1.165) is 17.7 Å². The van der Waals surface area contributed by atoms with Gasteiger partial charge in [0.05, 0.1) is 23.8 Å². The molecule has 2 aromatic rings. The first-order valence-corrected chi connectivity index (χ1v) is 11.2. The van der Waals surface area contributed by atoms with Gasteiger partial charge >= 0.3 is 0 Å². The fourth-order valence-electron chi connectivity index (χ4n) is 3.20. The molecular formula is C24H28N2O3S. The van der Waals surface area contributed by atoms with Crippen LogP contribution < -0.4 is 9.47 Å². The van der Waals surface area contributed by atoms with Gasteiger partial charge in [-0.05, 0) is 74.4 Å². The third kappa shape index (κ3) is 4.87. The molecule has 0 aliphatic carbocycles. The highest BCUT2D eigenvalue weighted by atomic mass is 32.2. The number of amidine groups is 1. The van der Waals surface area contributed by atoms with E-state index in [9.17, 15) is 4.79 Å². The van der Waals surface area contributed by atoms with Gasteiger partial charge < -0.3 is 9.47 Å². The summed E-state index contributed by atoms with van der Waals surface area (Å²) in [6.45, 7) is 9.64. The summed E-state index contributed by atoms with van der Waals surface area (Å²) in [4.78, 5) is 20.2. The third-order valence-corrected chi connectivity index (χ3v) is 5.66. The molecule has 1 aliphatic rings. The van der Waals surface area contributed by atoms with Gasteiger partial charge in [0.2, 0.25) is 0 Å². The van der Waals surface area contributed by atoms with Gasteiger partial charge in [-0.25, -0.2) is 4.99 Å². The second-order valence-corrected chi connectivity index (χ2v) is 7.62. The van der Waals surface area contributed by atoms with Crippen molar-refractivity contribution in [2.45, 2.75) is 34.1 Å². The number of para-hydroxylation sites is 1. The lowest BCUT2D eigenvalue weighted by atomic mass is 10.1. The molecule has 0 radical (unpaired) electrons. The van der Waals surface area contributed by atoms with Gasteiger partial charge in [-0.15, -0.1) is 0 Å². The van der Waals surface area contributed by atoms with E-state index in [1.165, 1.54) is 17.3 Å². The Balaban J connectivity index is 1.93. The molecule has 0 bridgehead atoms. The van der Waals surface area contributed by atoms with E-state index in [1.807, 2.05) is 63.2 Å². The standard InChI is InChI=1S/C24H28N2O3S/c1-5-18-11-9-10-12-19(18)25-24-26(6-2)23(27)22(30-24)16-17-13-14-20(28-7-3)21(15-17)29-8-4/h9-16H,5-8H2,1-4H3/b22-16+,25-24?. The van der Waals surface area contributed by atoms with E-state index >= 15 is 0 Å². The van der Waals surface area contributed by atoms with Crippen LogP contribution in [0.15, 0.2) is 52.4 Å². The van der Waals surface area contributed by atoms with Crippen LogP contribution in [0.4, 0.5) is 5.69 Å². The zero-order valence-corrected chi connectivity index (χ0v) is 18.8. The SMILES string of the molecule is CCOc1ccc(/C=C2/SC(=Nc3ccccc3CC)N(CC)C2=O)cc1OCC. The average Bonchev–Trinajstić information content (AvgIpc) is 3.04. The summed E-state index contributed by atoms with van der Waals surface area (Å²) >= 11 is 1.41. The van der Waals surface area contributed by atoms with Gasteiger partial charge in [0, 0.05) is 6.54 Å². The van der Waals surface area contributed by atoms with Crippen molar-refractivity contribution in [3.05, 3.63) is 58.5 Å². The number of benzene rings is 2. The molecule has 2 aromatic carbocycles. The predicted octanol–water partition coefficient (Wildman–Crippen LogP) is 5.67. The van der Waals surface area contributed by atoms with Crippen molar-refractivity contribution < 1.29 is 14.3 Å². The topological polar surface area (TPSA) is 51.1 Å². The van der Waals surface area contributed by atoms with Crippen LogP contribution in [0.1, 0.15) is 38.8 Å². The minimum Gasteiger partial charge on any atom is -0.490 e. The molecule has 0 atom stereocenters. The summed E-state index contributed by atoms with van der Waals surface area (Å²) in [5, 5.41) is 0.714. The van der Waals surface area contributed by atoms with Crippen LogP contribution in [0, 0.1) is 0 Å². The average molecular weight is 425 g/mol. The van der Waals surface area contributed by atoms with Gasteiger partial charge in [0.15, 0.2) is 16.7 Å². The highest BCUT2D eigenvalue weighted by Gasteiger charge is 2.32. The summed E-state index contributed by atoms with van der Waals surface area (Å²) in [5.74, 6) is 1.37. The van der Waals surface area contributed by atoms with Gasteiger partial charge in [-0.3, -0.25) is 9.69 Å². The number of aryl methyl sites for hydroxylation is 1. The quantitative estimate of drug-likeness (QED) is 0.512. The summed E-state index contributed by atoms with van der Waals surface area (Å²) in [6.07, 6.45) is 2.79. The molecule has 0 unspecified atom stereocenters. The maximum Gasteiger partial charge on any atom is 0.266 e. The summed E-state index contributed by atoms with van der Waals surface area (Å²) < 4.78 is 11.3. The van der Waals surface area contributed by atoms with Crippen LogP contribution >= 0.6 is 11.8 Å². The number of aliphatic imine (C=N–C) groups is 1. The highest BCUT2D eigenvalue weighted by Crippen LogP contribution is 2.36. The van der Waals surface area contributed by atoms with Crippen LogP contribution in [0.3, 0.4) is 0 Å². The van der Waals surface area contributed by atoms with E-state index in [-0.39, 0.29) is 5.91 Å². The van der Waals surface area contributed by atoms with Crippen molar-refractivity contribution in [3.63, 3.8) is 0 Å². The first-order chi connectivity index (χ1) is 14.6. The van der Waals surface area contributed by atoms with Crippen molar-refractivity contribution >= 4 is 34.6 Å². The van der Waals surface area contributed by atoms with Gasteiger partial charge in [0.1, 0.15) is 0 Å². The van der Waals surface area contributed by atoms with E-state index in [2.05, 4.69) is 13.0 Å². The zero-order chi connectivity index (χ0) is 21.5. The Labute approximate surface area is 182 Å². The molecule has 158 valence electrons. The fourth-order valence-corrected chi connectivity index (χ4v) is 4.26. The number of ether oxygens (including phenoxy) is 2. The number of hydrogen-bond donors (Lipinski definition) is 0. The number of rotatable bonds is 8. The molecule has 1 saturated heterocycles. The molecule has 1 amide bonds. The summed E-state index contributed by atoms with van der Waals surface area (Å²) in [5.41, 5.74) is 2.97. The van der Waals surface area contributed by atoms with Crippen LogP contribution in [0.25, 0.3) is 6.08 Å². The number of carbonyl (C=O) groups is 1. The number of carbonyl (C=O) groups excluding carboxylic acids is 1. The van der Waals surface area contributed by atoms with E-state index < -0.39 is 0 Å². The zero-order valence-electron chi connectivity index (χ0n) is 18.0. The van der Waals surface area contributed by atoms with E-state index in [0.29, 0.717) is 41.3 Å². The number of nitrogens with zero attached hydrogens (tertiary/aromatic N) is 2. The molecule has 0 aromatic heterocycles. The molecule has 0 saturated carbocycles. The Morgan fingerprint density at radius 1 is 1.00 bits per heavy atom.